The van der Waals surface area contributed by atoms with Crippen LogP contribution in [-0.2, 0) is 0 Å². The lowest BCUT2D eigenvalue weighted by Crippen LogP contribution is -3.00. The van der Waals surface area contributed by atoms with Crippen LogP contribution in [-0.4, -0.2) is 84.7 Å². The molecule has 10 aliphatic carbocycles. The Hall–Kier alpha value is -0.450. The molecule has 10 atom stereocenters. The monoisotopic (exact) mass is 1580 g/mol. The van der Waals surface area contributed by atoms with E-state index in [1.165, 1.54) is 156 Å². The highest BCUT2D eigenvalue weighted by Gasteiger charge is 2.38. The second-order valence-electron chi connectivity index (χ2n) is 22.4. The molecule has 0 aromatic carbocycles. The van der Waals surface area contributed by atoms with Gasteiger partial charge in [0.15, 0.2) is 61.0 Å². The van der Waals surface area contributed by atoms with Gasteiger partial charge in [-0.3, -0.25) is 0 Å². The van der Waals surface area contributed by atoms with E-state index >= 15 is 0 Å². The predicted molar refractivity (Wildman–Crippen MR) is 291 cm³/mol. The predicted octanol–water partition coefficient (Wildman–Crippen LogP) is -1.72. The average molecular weight is 1580 g/mol. The first-order valence-corrected chi connectivity index (χ1v) is 28.5. The molecule has 0 bridgehead atoms. The molecule has 0 amide bonds. The second kappa shape index (κ2) is 32.3. The van der Waals surface area contributed by atoms with Crippen molar-refractivity contribution in [3.8, 4) is 0 Å². The van der Waals surface area contributed by atoms with E-state index in [0.717, 1.165) is 32.1 Å². The summed E-state index contributed by atoms with van der Waals surface area (Å²) in [5, 5.41) is 0. The summed E-state index contributed by atoms with van der Waals surface area (Å²) in [6, 6.07) is 0. The third-order valence-electron chi connectivity index (χ3n) is 17.5. The molecule has 0 radical (unpaired) electrons. The molecule has 5 heterocycles. The van der Waals surface area contributed by atoms with Gasteiger partial charge in [0.05, 0.1) is 0 Å². The van der Waals surface area contributed by atoms with Crippen molar-refractivity contribution in [3.63, 3.8) is 0 Å². The molecule has 5 nitrogen and oxygen atoms in total. The van der Waals surface area contributed by atoms with E-state index < -0.39 is 0 Å². The molecule has 10 heteroatoms. The molecular weight excluding hydrogens is 1500 g/mol. The van der Waals surface area contributed by atoms with Crippen molar-refractivity contribution < 1.29 is 144 Å². The van der Waals surface area contributed by atoms with Crippen LogP contribution in [0, 0.1) is 0 Å². The van der Waals surface area contributed by atoms with E-state index in [-0.39, 0.29) is 120 Å². The molecule has 0 aromatic rings. The average Bonchev–Trinajstić information content (AvgIpc) is 3.43. The molecule has 0 spiro atoms. The Morgan fingerprint density at radius 1 is 0.240 bits per heavy atom. The van der Waals surface area contributed by atoms with Crippen LogP contribution < -0.4 is 120 Å². The minimum atomic E-state index is 0. The number of fused-ring (bicyclic) bond motifs is 10. The van der Waals surface area contributed by atoms with Gasteiger partial charge in [-0.2, -0.15) is 0 Å². The summed E-state index contributed by atoms with van der Waals surface area (Å²) >= 11 is 0. The van der Waals surface area contributed by atoms with E-state index in [1.807, 2.05) is 0 Å². The van der Waals surface area contributed by atoms with E-state index in [9.17, 15) is 0 Å². The van der Waals surface area contributed by atoms with Crippen molar-refractivity contribution in [1.29, 1.82) is 0 Å². The summed E-state index contributed by atoms with van der Waals surface area (Å²) in [5.74, 6) is 0. The highest BCUT2D eigenvalue weighted by Crippen LogP contribution is 2.39. The number of rotatable bonds is 0. The number of aliphatic hydroxyl groups is 10. The minimum absolute atomic E-state index is 0. The zero-order valence-corrected chi connectivity index (χ0v) is 54.9. The minimum Gasteiger partial charge on any atom is -1.00 e. The van der Waals surface area contributed by atoms with Crippen molar-refractivity contribution in [2.24, 2.45) is 0 Å². The quantitative estimate of drug-likeness (QED) is 0.205. The molecule has 5 fully saturated rings. The Kier molecular flexibility index (Phi) is 27.4. The summed E-state index contributed by atoms with van der Waals surface area (Å²) in [5.41, 5.74) is 15.2. The van der Waals surface area contributed by atoms with Crippen molar-refractivity contribution >= 4 is 0 Å². The number of hydrogen-bond acceptors (Lipinski definition) is 0. The highest BCUT2D eigenvalue weighted by molar-refractivity contribution is 5.41. The lowest BCUT2D eigenvalue weighted by atomic mass is 9.86. The standard InChI is InChI=1S/5C13H16O.5HI/c5*1-3-7-12-10(5-1)9-11-6-2-4-8-13(11)14-12;;;;;/h5*1,3,5,9,12-13H,2,4,6-8H2;5*1H. The van der Waals surface area contributed by atoms with Gasteiger partial charge in [0.2, 0.25) is 0 Å². The van der Waals surface area contributed by atoms with Crippen LogP contribution in [0.4, 0.5) is 0 Å². The van der Waals surface area contributed by atoms with E-state index in [4.69, 9.17) is 23.7 Å². The number of allylic oxidation sites excluding steroid dienone is 10. The van der Waals surface area contributed by atoms with Crippen LogP contribution in [0.1, 0.15) is 161 Å². The summed E-state index contributed by atoms with van der Waals surface area (Å²) in [7, 11) is 0. The fraction of sp³-hybridized carbons (Fsp3) is 0.538. The topological polar surface area (TPSA) is 64.0 Å². The SMILES string of the molecule is C1=CCC2[OH+]C3CCCCC3=CC2=C1.C1=CCC2[OH+]C3CCCCC3=CC2=C1.C1=CCC2[OH+]C3CCCCC3=CC2=C1.C1=CCC2[OH+]C3CCCCC3=CC2=C1.C1=CCC2[OH+]C3CCCCC3=CC2=C1.[I-].[I-].[I-].[I-].[I-]. The largest absolute Gasteiger partial charge is 1.00 e. The van der Waals surface area contributed by atoms with Crippen LogP contribution in [0.2, 0.25) is 0 Å². The zero-order valence-electron chi connectivity index (χ0n) is 44.1. The highest BCUT2D eigenvalue weighted by atomic mass is 127. The molecule has 410 valence electrons. The van der Waals surface area contributed by atoms with Gasteiger partial charge in [0.1, 0.15) is 0 Å². The molecule has 5 aliphatic heterocycles. The van der Waals surface area contributed by atoms with Gasteiger partial charge in [0, 0.05) is 120 Å². The number of halogens is 5. The number of ether oxygens (including phenoxy) is 5. The van der Waals surface area contributed by atoms with E-state index in [2.05, 4.69) is 122 Å². The number of hydrogen-bond donors (Lipinski definition) is 0. The van der Waals surface area contributed by atoms with E-state index in [0.29, 0.717) is 61.0 Å². The van der Waals surface area contributed by atoms with Crippen LogP contribution in [0.15, 0.2) is 177 Å². The van der Waals surface area contributed by atoms with Gasteiger partial charge in [-0.1, -0.05) is 91.1 Å². The van der Waals surface area contributed by atoms with Gasteiger partial charge < -0.3 is 144 Å². The Morgan fingerprint density at radius 2 is 0.427 bits per heavy atom. The normalized spacial score (nSPS) is 33.1. The first-order valence-electron chi connectivity index (χ1n) is 28.5. The molecule has 0 saturated heterocycles. The van der Waals surface area contributed by atoms with Crippen LogP contribution in [0.25, 0.3) is 0 Å². The maximum atomic E-state index is 4.94. The maximum Gasteiger partial charge on any atom is 0.184 e. The summed E-state index contributed by atoms with van der Waals surface area (Å²) in [6.45, 7) is 0. The summed E-state index contributed by atoms with van der Waals surface area (Å²) in [6.07, 6.45) is 82.6. The van der Waals surface area contributed by atoms with Crippen molar-refractivity contribution in [3.05, 3.63) is 177 Å². The first-order chi connectivity index (χ1) is 34.7. The third-order valence-corrected chi connectivity index (χ3v) is 17.5. The molecule has 5 N–H and O–H groups in total. The second-order valence-corrected chi connectivity index (χ2v) is 22.4. The van der Waals surface area contributed by atoms with Gasteiger partial charge in [-0.15, -0.1) is 0 Å². The van der Waals surface area contributed by atoms with Crippen molar-refractivity contribution in [2.75, 3.05) is 0 Å². The van der Waals surface area contributed by atoms with Crippen molar-refractivity contribution in [1.82, 2.24) is 0 Å². The van der Waals surface area contributed by atoms with Gasteiger partial charge >= 0.3 is 0 Å². The zero-order chi connectivity index (χ0) is 46.9. The summed E-state index contributed by atoms with van der Waals surface area (Å²) in [4.78, 5) is 0. The van der Waals surface area contributed by atoms with Crippen molar-refractivity contribution in [2.45, 2.75) is 222 Å². The van der Waals surface area contributed by atoms with Gasteiger partial charge in [-0.25, -0.2) is 0 Å². The lowest BCUT2D eigenvalue weighted by Gasteiger charge is -2.32. The molecule has 15 rings (SSSR count). The molecule has 10 unspecified atom stereocenters. The Morgan fingerprint density at radius 3 is 0.613 bits per heavy atom. The molecule has 5 saturated carbocycles. The maximum absolute atomic E-state index is 4.94. The molecule has 15 aliphatic rings. The van der Waals surface area contributed by atoms with Gasteiger partial charge in [0.25, 0.3) is 0 Å². The molecule has 75 heavy (non-hydrogen) atoms. The van der Waals surface area contributed by atoms with Crippen LogP contribution in [0.5, 0.6) is 0 Å². The van der Waals surface area contributed by atoms with E-state index in [1.54, 1.807) is 27.9 Å². The summed E-state index contributed by atoms with van der Waals surface area (Å²) < 4.78 is 24.7. The van der Waals surface area contributed by atoms with Gasteiger partial charge in [-0.05, 0) is 127 Å². The Bertz CT molecular complexity index is 2020. The Balaban J connectivity index is 0.000000150. The van der Waals surface area contributed by atoms with Crippen LogP contribution in [0.3, 0.4) is 0 Å². The first kappa shape index (κ1) is 63.7. The smallest absolute Gasteiger partial charge is 0.184 e. The molecule has 0 aromatic heterocycles. The van der Waals surface area contributed by atoms with Crippen LogP contribution >= 0.6 is 0 Å². The molecular formula is C65H85I5O5. The lowest BCUT2D eigenvalue weighted by molar-refractivity contribution is -0.139. The fourth-order valence-corrected chi connectivity index (χ4v) is 13.6. The fourth-order valence-electron chi connectivity index (χ4n) is 13.6. The third kappa shape index (κ3) is 16.8. The Labute approximate surface area is 536 Å².